The Balaban J connectivity index is 1.72. The Morgan fingerprint density at radius 1 is 1.11 bits per heavy atom. The van der Waals surface area contributed by atoms with Crippen LogP contribution in [-0.2, 0) is 11.3 Å². The third-order valence-corrected chi connectivity index (χ3v) is 4.90. The molecule has 1 saturated heterocycles. The fraction of sp³-hybridized carbons (Fsp3) is 0.364. The molecule has 0 aromatic heterocycles. The fourth-order valence-electron chi connectivity index (χ4n) is 3.33. The highest BCUT2D eigenvalue weighted by atomic mass is 19.1. The maximum atomic E-state index is 13.2. The maximum absolute atomic E-state index is 13.2. The quantitative estimate of drug-likeness (QED) is 0.834. The largest absolute Gasteiger partial charge is 0.340 e. The van der Waals surface area contributed by atoms with Crippen LogP contribution in [0, 0.1) is 12.7 Å². The average Bonchev–Trinajstić information content (AvgIpc) is 2.72. The number of benzene rings is 2. The average molecular weight is 383 g/mol. The lowest BCUT2D eigenvalue weighted by Crippen LogP contribution is -2.47. The molecular weight excluding hydrogens is 357 g/mol. The molecule has 148 valence electrons. The lowest BCUT2D eigenvalue weighted by atomic mass is 10.1. The van der Waals surface area contributed by atoms with Gasteiger partial charge in [0.1, 0.15) is 5.82 Å². The minimum absolute atomic E-state index is 0.0580. The van der Waals surface area contributed by atoms with Crippen molar-refractivity contribution in [2.24, 2.45) is 0 Å². The summed E-state index contributed by atoms with van der Waals surface area (Å²) in [6.45, 7) is 5.59. The normalized spacial score (nSPS) is 14.0. The second kappa shape index (κ2) is 9.46. The first-order valence-electron chi connectivity index (χ1n) is 9.62. The molecule has 2 aromatic carbocycles. The molecule has 6 heteroatoms. The summed E-state index contributed by atoms with van der Waals surface area (Å²) in [7, 11) is 0. The highest BCUT2D eigenvalue weighted by Gasteiger charge is 2.21. The van der Waals surface area contributed by atoms with Gasteiger partial charge in [0.15, 0.2) is 0 Å². The van der Waals surface area contributed by atoms with Crippen molar-refractivity contribution < 1.29 is 14.0 Å². The molecule has 1 fully saturated rings. The molecule has 1 heterocycles. The van der Waals surface area contributed by atoms with Crippen LogP contribution in [0.1, 0.15) is 27.9 Å². The fourth-order valence-corrected chi connectivity index (χ4v) is 3.33. The topological polar surface area (TPSA) is 52.7 Å². The van der Waals surface area contributed by atoms with Gasteiger partial charge < -0.3 is 15.1 Å². The van der Waals surface area contributed by atoms with Gasteiger partial charge in [0.25, 0.3) is 5.91 Å². The Hall–Kier alpha value is -2.73. The number of amides is 2. The van der Waals surface area contributed by atoms with Gasteiger partial charge >= 0.3 is 0 Å². The monoisotopic (exact) mass is 383 g/mol. The Morgan fingerprint density at radius 3 is 2.50 bits per heavy atom. The van der Waals surface area contributed by atoms with Gasteiger partial charge in [0.2, 0.25) is 5.91 Å². The first-order valence-corrected chi connectivity index (χ1v) is 9.62. The van der Waals surface area contributed by atoms with E-state index in [1.807, 2.05) is 30.0 Å². The van der Waals surface area contributed by atoms with Crippen LogP contribution in [0.5, 0.6) is 0 Å². The summed E-state index contributed by atoms with van der Waals surface area (Å²) in [5.74, 6) is -0.377. The van der Waals surface area contributed by atoms with Gasteiger partial charge in [0.05, 0.1) is 0 Å². The maximum Gasteiger partial charge on any atom is 0.254 e. The zero-order chi connectivity index (χ0) is 19.9. The van der Waals surface area contributed by atoms with Crippen LogP contribution >= 0.6 is 0 Å². The van der Waals surface area contributed by atoms with Crippen molar-refractivity contribution in [3.05, 3.63) is 71.0 Å². The Bertz CT molecular complexity index is 817. The number of nitrogens with one attached hydrogen (secondary N) is 1. The van der Waals surface area contributed by atoms with Crippen molar-refractivity contribution in [2.45, 2.75) is 19.9 Å². The lowest BCUT2D eigenvalue weighted by Gasteiger charge is -2.29. The molecule has 1 N–H and O–H groups in total. The van der Waals surface area contributed by atoms with Crippen molar-refractivity contribution in [2.75, 3.05) is 32.7 Å². The number of hydrogen-bond acceptors (Lipinski definition) is 3. The molecule has 0 spiro atoms. The van der Waals surface area contributed by atoms with Gasteiger partial charge in [-0.2, -0.15) is 0 Å². The minimum atomic E-state index is -0.311. The van der Waals surface area contributed by atoms with E-state index in [0.717, 1.165) is 24.2 Å². The summed E-state index contributed by atoms with van der Waals surface area (Å²) < 4.78 is 13.2. The van der Waals surface area contributed by atoms with E-state index in [-0.39, 0.29) is 24.1 Å². The second-order valence-electron chi connectivity index (χ2n) is 7.10. The molecule has 2 aromatic rings. The molecule has 1 aliphatic rings. The van der Waals surface area contributed by atoms with Crippen LogP contribution < -0.4 is 5.32 Å². The van der Waals surface area contributed by atoms with Gasteiger partial charge in [-0.25, -0.2) is 4.39 Å². The van der Waals surface area contributed by atoms with Crippen LogP contribution in [0.2, 0.25) is 0 Å². The number of piperazine rings is 1. The third-order valence-electron chi connectivity index (χ3n) is 4.90. The van der Waals surface area contributed by atoms with Crippen LogP contribution in [0.25, 0.3) is 0 Å². The molecule has 0 saturated carbocycles. The number of aryl methyl sites for hydroxylation is 1. The zero-order valence-corrected chi connectivity index (χ0v) is 16.2. The van der Waals surface area contributed by atoms with E-state index >= 15 is 0 Å². The smallest absolute Gasteiger partial charge is 0.254 e. The predicted octanol–water partition coefficient (Wildman–Crippen LogP) is 2.60. The van der Waals surface area contributed by atoms with E-state index < -0.39 is 0 Å². The van der Waals surface area contributed by atoms with Crippen molar-refractivity contribution in [1.29, 1.82) is 0 Å². The van der Waals surface area contributed by atoms with Gasteiger partial charge in [-0.1, -0.05) is 29.8 Å². The van der Waals surface area contributed by atoms with E-state index in [2.05, 4.69) is 5.32 Å². The van der Waals surface area contributed by atoms with E-state index in [0.29, 0.717) is 31.7 Å². The first kappa shape index (κ1) is 20.0. The first-order chi connectivity index (χ1) is 13.5. The van der Waals surface area contributed by atoms with Crippen LogP contribution in [0.4, 0.5) is 4.39 Å². The third kappa shape index (κ3) is 5.39. The molecule has 0 aliphatic carbocycles. The van der Waals surface area contributed by atoms with E-state index in [1.165, 1.54) is 12.1 Å². The van der Waals surface area contributed by atoms with Crippen LogP contribution in [-0.4, -0.2) is 54.3 Å². The number of hydrogen-bond donors (Lipinski definition) is 1. The van der Waals surface area contributed by atoms with Gasteiger partial charge in [-0.15, -0.1) is 0 Å². The molecule has 5 nitrogen and oxygen atoms in total. The summed E-state index contributed by atoms with van der Waals surface area (Å²) in [5, 5.41) is 3.23. The number of nitrogens with zero attached hydrogens (tertiary/aromatic N) is 2. The number of halogens is 1. The lowest BCUT2D eigenvalue weighted by molar-refractivity contribution is -0.132. The molecule has 28 heavy (non-hydrogen) atoms. The van der Waals surface area contributed by atoms with Crippen LogP contribution in [0.3, 0.4) is 0 Å². The summed E-state index contributed by atoms with van der Waals surface area (Å²) in [6, 6.07) is 13.5. The van der Waals surface area contributed by atoms with Gasteiger partial charge in [0, 0.05) is 51.3 Å². The molecule has 0 unspecified atom stereocenters. The molecule has 2 amide bonds. The highest BCUT2D eigenvalue weighted by Crippen LogP contribution is 2.14. The standard InChI is InChI=1S/C22H26FN3O2/c1-17-3-2-4-19(15-17)22(28)26(16-18-5-7-20(23)8-6-18)12-9-21(27)25-13-10-24-11-14-25/h2-8,15,24H,9-14,16H2,1H3. The number of rotatable bonds is 6. The summed E-state index contributed by atoms with van der Waals surface area (Å²) in [4.78, 5) is 29.1. The van der Waals surface area contributed by atoms with E-state index in [4.69, 9.17) is 0 Å². The Labute approximate surface area is 165 Å². The van der Waals surface area contributed by atoms with Gasteiger partial charge in [-0.3, -0.25) is 9.59 Å². The Kier molecular flexibility index (Phi) is 6.76. The van der Waals surface area contributed by atoms with E-state index in [9.17, 15) is 14.0 Å². The molecule has 0 radical (unpaired) electrons. The van der Waals surface area contributed by atoms with Crippen LogP contribution in [0.15, 0.2) is 48.5 Å². The van der Waals surface area contributed by atoms with E-state index in [1.54, 1.807) is 23.1 Å². The van der Waals surface area contributed by atoms with Crippen molar-refractivity contribution in [3.8, 4) is 0 Å². The Morgan fingerprint density at radius 2 is 1.82 bits per heavy atom. The number of carbonyl (C=O) groups is 2. The second-order valence-corrected chi connectivity index (χ2v) is 7.10. The molecule has 3 rings (SSSR count). The predicted molar refractivity (Wildman–Crippen MR) is 106 cm³/mol. The van der Waals surface area contributed by atoms with Crippen molar-refractivity contribution in [3.63, 3.8) is 0 Å². The minimum Gasteiger partial charge on any atom is -0.340 e. The summed E-state index contributed by atoms with van der Waals surface area (Å²) >= 11 is 0. The van der Waals surface area contributed by atoms with Gasteiger partial charge in [-0.05, 0) is 36.8 Å². The highest BCUT2D eigenvalue weighted by molar-refractivity contribution is 5.94. The molecule has 1 aliphatic heterocycles. The summed E-state index contributed by atoms with van der Waals surface area (Å²) in [5.41, 5.74) is 2.43. The molecule has 0 atom stereocenters. The van der Waals surface area contributed by atoms with Crippen molar-refractivity contribution >= 4 is 11.8 Å². The van der Waals surface area contributed by atoms with Crippen molar-refractivity contribution in [1.82, 2.24) is 15.1 Å². The molecular formula is C22H26FN3O2. The SMILES string of the molecule is Cc1cccc(C(=O)N(CCC(=O)N2CCNCC2)Cc2ccc(F)cc2)c1. The summed E-state index contributed by atoms with van der Waals surface area (Å²) in [6.07, 6.45) is 0.277. The molecule has 0 bridgehead atoms. The zero-order valence-electron chi connectivity index (χ0n) is 16.2. The number of carbonyl (C=O) groups excluding carboxylic acids is 2.